The highest BCUT2D eigenvalue weighted by atomic mass is 35.5. The Kier molecular flexibility index (Phi) is 4.73. The maximum atomic E-state index is 5.90. The van der Waals surface area contributed by atoms with Crippen molar-refractivity contribution >= 4 is 23.2 Å². The van der Waals surface area contributed by atoms with Gasteiger partial charge in [0, 0.05) is 6.04 Å². The van der Waals surface area contributed by atoms with Crippen molar-refractivity contribution in [2.75, 3.05) is 6.54 Å². The summed E-state index contributed by atoms with van der Waals surface area (Å²) in [5.41, 5.74) is 1.22. The second-order valence-electron chi connectivity index (χ2n) is 3.61. The van der Waals surface area contributed by atoms with Crippen LogP contribution in [0.25, 0.3) is 0 Å². The van der Waals surface area contributed by atoms with Crippen LogP contribution in [0.1, 0.15) is 19.4 Å². The van der Waals surface area contributed by atoms with Crippen LogP contribution in [0.2, 0.25) is 10.0 Å². The van der Waals surface area contributed by atoms with E-state index in [1.165, 1.54) is 5.56 Å². The fourth-order valence-electron chi connectivity index (χ4n) is 1.20. The van der Waals surface area contributed by atoms with Gasteiger partial charge in [-0.05, 0) is 30.7 Å². The monoisotopic (exact) mass is 231 g/mol. The topological polar surface area (TPSA) is 12.0 Å². The molecule has 0 spiro atoms. The van der Waals surface area contributed by atoms with Crippen molar-refractivity contribution in [3.63, 3.8) is 0 Å². The Labute approximate surface area is 95.4 Å². The number of nitrogens with one attached hydrogen (secondary N) is 1. The summed E-state index contributed by atoms with van der Waals surface area (Å²) in [6.45, 7) is 5.24. The molecule has 0 heterocycles. The predicted octanol–water partition coefficient (Wildman–Crippen LogP) is 3.53. The summed E-state index contributed by atoms with van der Waals surface area (Å²) in [7, 11) is 0. The molecule has 14 heavy (non-hydrogen) atoms. The van der Waals surface area contributed by atoms with E-state index in [2.05, 4.69) is 19.2 Å². The molecule has 1 aromatic rings. The molecule has 0 aliphatic carbocycles. The van der Waals surface area contributed by atoms with Gasteiger partial charge in [0.05, 0.1) is 10.0 Å². The van der Waals surface area contributed by atoms with E-state index in [9.17, 15) is 0 Å². The van der Waals surface area contributed by atoms with Gasteiger partial charge in [-0.25, -0.2) is 0 Å². The number of hydrogen-bond acceptors (Lipinski definition) is 1. The first-order valence-corrected chi connectivity index (χ1v) is 5.52. The van der Waals surface area contributed by atoms with Crippen LogP contribution in [-0.4, -0.2) is 12.6 Å². The van der Waals surface area contributed by atoms with E-state index in [0.717, 1.165) is 13.0 Å². The molecule has 0 aromatic heterocycles. The fourth-order valence-corrected chi connectivity index (χ4v) is 1.52. The molecule has 78 valence electrons. The molecule has 0 unspecified atom stereocenters. The zero-order valence-corrected chi connectivity index (χ0v) is 9.99. The van der Waals surface area contributed by atoms with Crippen LogP contribution in [0, 0.1) is 0 Å². The van der Waals surface area contributed by atoms with Crippen molar-refractivity contribution in [2.45, 2.75) is 26.3 Å². The molecule has 0 amide bonds. The normalized spacial score (nSPS) is 10.9. The molecular formula is C11H15Cl2N. The van der Waals surface area contributed by atoms with Crippen LogP contribution < -0.4 is 5.32 Å². The maximum Gasteiger partial charge on any atom is 0.0595 e. The molecule has 0 saturated heterocycles. The van der Waals surface area contributed by atoms with Crippen molar-refractivity contribution in [2.24, 2.45) is 0 Å². The van der Waals surface area contributed by atoms with Gasteiger partial charge in [-0.3, -0.25) is 0 Å². The van der Waals surface area contributed by atoms with Gasteiger partial charge in [0.25, 0.3) is 0 Å². The lowest BCUT2D eigenvalue weighted by molar-refractivity contribution is 0.590. The minimum Gasteiger partial charge on any atom is -0.314 e. The molecule has 0 fully saturated rings. The highest BCUT2D eigenvalue weighted by molar-refractivity contribution is 6.42. The third-order valence-electron chi connectivity index (χ3n) is 1.95. The summed E-state index contributed by atoms with van der Waals surface area (Å²) in [6, 6.07) is 6.30. The number of benzene rings is 1. The second kappa shape index (κ2) is 5.59. The van der Waals surface area contributed by atoms with Crippen LogP contribution in [-0.2, 0) is 6.42 Å². The van der Waals surface area contributed by atoms with Crippen LogP contribution in [0.4, 0.5) is 0 Å². The number of halogens is 2. The average Bonchev–Trinajstić information content (AvgIpc) is 2.10. The Morgan fingerprint density at radius 2 is 1.93 bits per heavy atom. The zero-order chi connectivity index (χ0) is 10.6. The van der Waals surface area contributed by atoms with Crippen LogP contribution >= 0.6 is 23.2 Å². The molecule has 1 N–H and O–H groups in total. The van der Waals surface area contributed by atoms with Crippen LogP contribution in [0.5, 0.6) is 0 Å². The highest BCUT2D eigenvalue weighted by Crippen LogP contribution is 2.22. The molecule has 0 saturated carbocycles. The van der Waals surface area contributed by atoms with Crippen molar-refractivity contribution in [3.05, 3.63) is 33.8 Å². The Bertz CT molecular complexity index is 297. The van der Waals surface area contributed by atoms with Crippen molar-refractivity contribution < 1.29 is 0 Å². The Hall–Kier alpha value is -0.240. The minimum atomic E-state index is 0.526. The summed E-state index contributed by atoms with van der Waals surface area (Å²) in [5.74, 6) is 0. The average molecular weight is 232 g/mol. The first-order valence-electron chi connectivity index (χ1n) is 4.77. The maximum absolute atomic E-state index is 5.90. The van der Waals surface area contributed by atoms with E-state index < -0.39 is 0 Å². The Balaban J connectivity index is 2.47. The predicted molar refractivity (Wildman–Crippen MR) is 63.3 cm³/mol. The van der Waals surface area contributed by atoms with E-state index in [0.29, 0.717) is 16.1 Å². The van der Waals surface area contributed by atoms with Crippen molar-refractivity contribution in [1.82, 2.24) is 5.32 Å². The van der Waals surface area contributed by atoms with Gasteiger partial charge in [0.1, 0.15) is 0 Å². The molecule has 1 rings (SSSR count). The highest BCUT2D eigenvalue weighted by Gasteiger charge is 1.99. The van der Waals surface area contributed by atoms with Gasteiger partial charge in [0.2, 0.25) is 0 Å². The second-order valence-corrected chi connectivity index (χ2v) is 4.42. The Morgan fingerprint density at radius 1 is 1.21 bits per heavy atom. The first-order chi connectivity index (χ1) is 6.59. The minimum absolute atomic E-state index is 0.526. The Morgan fingerprint density at radius 3 is 2.50 bits per heavy atom. The van der Waals surface area contributed by atoms with Gasteiger partial charge in [-0.15, -0.1) is 0 Å². The van der Waals surface area contributed by atoms with Crippen LogP contribution in [0.3, 0.4) is 0 Å². The first kappa shape index (κ1) is 11.8. The van der Waals surface area contributed by atoms with E-state index in [1.807, 2.05) is 18.2 Å². The number of rotatable bonds is 4. The van der Waals surface area contributed by atoms with Gasteiger partial charge in [0.15, 0.2) is 0 Å². The summed E-state index contributed by atoms with van der Waals surface area (Å²) in [5, 5.41) is 4.60. The summed E-state index contributed by atoms with van der Waals surface area (Å²) < 4.78 is 0. The SMILES string of the molecule is CC(C)NCCc1ccc(Cl)c(Cl)c1. The van der Waals surface area contributed by atoms with E-state index in [-0.39, 0.29) is 0 Å². The lowest BCUT2D eigenvalue weighted by Crippen LogP contribution is -2.24. The standard InChI is InChI=1S/C11H15Cl2N/c1-8(2)14-6-5-9-3-4-10(12)11(13)7-9/h3-4,7-8,14H,5-6H2,1-2H3. The summed E-state index contributed by atoms with van der Waals surface area (Å²) in [4.78, 5) is 0. The molecule has 3 heteroatoms. The molecule has 0 bridgehead atoms. The smallest absolute Gasteiger partial charge is 0.0595 e. The van der Waals surface area contributed by atoms with Crippen LogP contribution in [0.15, 0.2) is 18.2 Å². The molecule has 0 aliphatic heterocycles. The van der Waals surface area contributed by atoms with Gasteiger partial charge in [-0.1, -0.05) is 43.1 Å². The van der Waals surface area contributed by atoms with Gasteiger partial charge in [-0.2, -0.15) is 0 Å². The third-order valence-corrected chi connectivity index (χ3v) is 2.69. The van der Waals surface area contributed by atoms with E-state index in [1.54, 1.807) is 0 Å². The largest absolute Gasteiger partial charge is 0.314 e. The van der Waals surface area contributed by atoms with Gasteiger partial charge >= 0.3 is 0 Å². The fraction of sp³-hybridized carbons (Fsp3) is 0.455. The van der Waals surface area contributed by atoms with Crippen molar-refractivity contribution in [1.29, 1.82) is 0 Å². The lowest BCUT2D eigenvalue weighted by atomic mass is 10.1. The zero-order valence-electron chi connectivity index (χ0n) is 8.48. The molecule has 0 radical (unpaired) electrons. The third kappa shape index (κ3) is 3.87. The van der Waals surface area contributed by atoms with Gasteiger partial charge < -0.3 is 5.32 Å². The molecule has 0 aliphatic rings. The quantitative estimate of drug-likeness (QED) is 0.837. The molecular weight excluding hydrogens is 217 g/mol. The molecule has 1 nitrogen and oxygen atoms in total. The number of hydrogen-bond donors (Lipinski definition) is 1. The molecule has 0 atom stereocenters. The van der Waals surface area contributed by atoms with E-state index in [4.69, 9.17) is 23.2 Å². The lowest BCUT2D eigenvalue weighted by Gasteiger charge is -2.08. The summed E-state index contributed by atoms with van der Waals surface area (Å²) >= 11 is 11.7. The molecule has 1 aromatic carbocycles. The van der Waals surface area contributed by atoms with Crippen molar-refractivity contribution in [3.8, 4) is 0 Å². The van der Waals surface area contributed by atoms with E-state index >= 15 is 0 Å². The summed E-state index contributed by atoms with van der Waals surface area (Å²) in [6.07, 6.45) is 0.981.